The number of halogens is 4. The van der Waals surface area contributed by atoms with Crippen molar-refractivity contribution in [1.29, 1.82) is 0 Å². The van der Waals surface area contributed by atoms with E-state index in [1.807, 2.05) is 0 Å². The monoisotopic (exact) mass is 388 g/mol. The number of pyridine rings is 1. The van der Waals surface area contributed by atoms with Crippen LogP contribution >= 0.6 is 0 Å². The molecule has 1 N–H and O–H groups in total. The van der Waals surface area contributed by atoms with Crippen molar-refractivity contribution in [2.75, 3.05) is 0 Å². The first kappa shape index (κ1) is 17.9. The summed E-state index contributed by atoms with van der Waals surface area (Å²) in [7, 11) is -4.54. The van der Waals surface area contributed by atoms with Crippen molar-refractivity contribution < 1.29 is 30.5 Å². The molecule has 0 aliphatic heterocycles. The third kappa shape index (κ3) is 3.41. The fourth-order valence-corrected chi connectivity index (χ4v) is 2.49. The normalized spacial score (nSPS) is 12.3. The molecule has 3 aromatic rings. The average molecular weight is 388 g/mol. The highest BCUT2D eigenvalue weighted by molar-refractivity contribution is 7.85. The molecule has 0 spiro atoms. The minimum atomic E-state index is -4.89. The molecule has 12 heteroatoms. The highest BCUT2D eigenvalue weighted by Gasteiger charge is 2.38. The van der Waals surface area contributed by atoms with Crippen LogP contribution in [0, 0.1) is 5.82 Å². The van der Waals surface area contributed by atoms with Crippen molar-refractivity contribution >= 4 is 10.1 Å². The van der Waals surface area contributed by atoms with E-state index in [4.69, 9.17) is 4.55 Å². The summed E-state index contributed by atoms with van der Waals surface area (Å²) >= 11 is 0. The van der Waals surface area contributed by atoms with Crippen molar-refractivity contribution in [3.05, 3.63) is 54.2 Å². The van der Waals surface area contributed by atoms with Crippen LogP contribution in [0.1, 0.15) is 5.82 Å². The summed E-state index contributed by atoms with van der Waals surface area (Å²) in [6.45, 7) is 0. The van der Waals surface area contributed by atoms with Crippen molar-refractivity contribution in [3.8, 4) is 17.2 Å². The number of alkyl halides is 3. The van der Waals surface area contributed by atoms with Gasteiger partial charge in [-0.1, -0.05) is 12.1 Å². The van der Waals surface area contributed by atoms with Crippen molar-refractivity contribution in [1.82, 2.24) is 19.7 Å². The zero-order valence-corrected chi connectivity index (χ0v) is 13.3. The van der Waals surface area contributed by atoms with Crippen molar-refractivity contribution in [2.45, 2.75) is 11.1 Å². The molecule has 1 aromatic carbocycles. The molecule has 0 bridgehead atoms. The maximum Gasteiger partial charge on any atom is 0.453 e. The second-order valence-corrected chi connectivity index (χ2v) is 6.40. The predicted octanol–water partition coefficient (Wildman–Crippen LogP) is 2.73. The Labute approximate surface area is 143 Å². The summed E-state index contributed by atoms with van der Waals surface area (Å²) in [5.41, 5.74) is -0.254. The lowest BCUT2D eigenvalue weighted by atomic mass is 10.2. The van der Waals surface area contributed by atoms with Gasteiger partial charge in [-0.15, -0.1) is 5.10 Å². The van der Waals surface area contributed by atoms with Crippen LogP contribution in [0.3, 0.4) is 0 Å². The van der Waals surface area contributed by atoms with Crippen LogP contribution in [0.2, 0.25) is 0 Å². The van der Waals surface area contributed by atoms with Crippen LogP contribution in [0.15, 0.2) is 47.5 Å². The molecule has 3 rings (SSSR count). The van der Waals surface area contributed by atoms with Gasteiger partial charge in [0.1, 0.15) is 10.7 Å². The van der Waals surface area contributed by atoms with Crippen molar-refractivity contribution in [2.24, 2.45) is 0 Å². The Morgan fingerprint density at radius 3 is 2.31 bits per heavy atom. The fourth-order valence-electron chi connectivity index (χ4n) is 2.06. The molecule has 0 amide bonds. The molecular formula is C14H8F4N4O3S. The summed E-state index contributed by atoms with van der Waals surface area (Å²) in [4.78, 5) is 6.43. The molecular weight excluding hydrogens is 380 g/mol. The molecule has 26 heavy (non-hydrogen) atoms. The molecule has 2 heterocycles. The Balaban J connectivity index is 2.20. The van der Waals surface area contributed by atoms with Gasteiger partial charge < -0.3 is 0 Å². The van der Waals surface area contributed by atoms with E-state index in [0.717, 1.165) is 24.4 Å². The van der Waals surface area contributed by atoms with Crippen LogP contribution in [-0.2, 0) is 16.3 Å². The van der Waals surface area contributed by atoms with Crippen LogP contribution in [0.5, 0.6) is 0 Å². The third-order valence-electron chi connectivity index (χ3n) is 3.21. The van der Waals surface area contributed by atoms with Gasteiger partial charge in [-0.25, -0.2) is 14.4 Å². The molecule has 0 aliphatic carbocycles. The number of hydrogen-bond donors (Lipinski definition) is 1. The number of nitrogens with zero attached hydrogens (tertiary/aromatic N) is 4. The van der Waals surface area contributed by atoms with E-state index in [-0.39, 0.29) is 11.4 Å². The van der Waals surface area contributed by atoms with E-state index in [0.29, 0.717) is 4.68 Å². The molecule has 136 valence electrons. The minimum absolute atomic E-state index is 0.251. The van der Waals surface area contributed by atoms with Gasteiger partial charge in [0, 0.05) is 0 Å². The van der Waals surface area contributed by atoms with Crippen LogP contribution < -0.4 is 0 Å². The summed E-state index contributed by atoms with van der Waals surface area (Å²) in [6, 6.07) is 6.92. The van der Waals surface area contributed by atoms with Gasteiger partial charge in [0.05, 0.1) is 11.8 Å². The lowest BCUT2D eigenvalue weighted by Gasteiger charge is -2.06. The molecule has 0 unspecified atom stereocenters. The minimum Gasteiger partial charge on any atom is -0.282 e. The number of benzene rings is 1. The third-order valence-corrected chi connectivity index (χ3v) is 4.05. The Kier molecular flexibility index (Phi) is 4.24. The van der Waals surface area contributed by atoms with Gasteiger partial charge in [0.25, 0.3) is 15.9 Å². The molecule has 0 fully saturated rings. The topological polar surface area (TPSA) is 98.0 Å². The highest BCUT2D eigenvalue weighted by Crippen LogP contribution is 2.31. The maximum atomic E-state index is 14.0. The van der Waals surface area contributed by atoms with E-state index >= 15 is 0 Å². The van der Waals surface area contributed by atoms with Crippen molar-refractivity contribution in [3.63, 3.8) is 0 Å². The second kappa shape index (κ2) is 6.14. The number of aromatic nitrogens is 4. The summed E-state index contributed by atoms with van der Waals surface area (Å²) in [6.07, 6.45) is -4.16. The van der Waals surface area contributed by atoms with Gasteiger partial charge in [-0.2, -0.15) is 26.3 Å². The summed E-state index contributed by atoms with van der Waals surface area (Å²) < 4.78 is 84.5. The molecule has 7 nitrogen and oxygen atoms in total. The highest BCUT2D eigenvalue weighted by atomic mass is 32.2. The number of rotatable bonds is 3. The van der Waals surface area contributed by atoms with Crippen LogP contribution in [0.4, 0.5) is 17.6 Å². The predicted molar refractivity (Wildman–Crippen MR) is 79.4 cm³/mol. The fraction of sp³-hybridized carbons (Fsp3) is 0.0714. The quantitative estimate of drug-likeness (QED) is 0.547. The van der Waals surface area contributed by atoms with Gasteiger partial charge in [0.2, 0.25) is 0 Å². The Hall–Kier alpha value is -2.86. The second-order valence-electron chi connectivity index (χ2n) is 4.98. The first-order chi connectivity index (χ1) is 12.1. The lowest BCUT2D eigenvalue weighted by Crippen LogP contribution is -2.09. The van der Waals surface area contributed by atoms with E-state index in [1.54, 1.807) is 0 Å². The van der Waals surface area contributed by atoms with Gasteiger partial charge in [-0.3, -0.25) is 4.55 Å². The van der Waals surface area contributed by atoms with Crippen LogP contribution in [0.25, 0.3) is 17.2 Å². The first-order valence-electron chi connectivity index (χ1n) is 6.80. The Morgan fingerprint density at radius 1 is 1.08 bits per heavy atom. The van der Waals surface area contributed by atoms with E-state index in [1.165, 1.54) is 18.2 Å². The average Bonchev–Trinajstić information content (AvgIpc) is 3.00. The van der Waals surface area contributed by atoms with Gasteiger partial charge >= 0.3 is 6.18 Å². The standard InChI is InChI=1S/C14H8F4N4O3S/c15-10-4-2-1-3-9(10)12-20-13(14(16,17)18)21-22(12)11-6-5-8(7-19-11)26(23,24)25/h1-7H,(H,23,24,25). The maximum absolute atomic E-state index is 14.0. The molecule has 0 saturated carbocycles. The number of hydrogen-bond acceptors (Lipinski definition) is 5. The summed E-state index contributed by atoms with van der Waals surface area (Å²) in [5.74, 6) is -3.07. The van der Waals surface area contributed by atoms with Gasteiger partial charge in [-0.05, 0) is 24.3 Å². The van der Waals surface area contributed by atoms with Gasteiger partial charge in [0.15, 0.2) is 11.6 Å². The van der Waals surface area contributed by atoms with E-state index in [9.17, 15) is 26.0 Å². The summed E-state index contributed by atoms with van der Waals surface area (Å²) in [5, 5.41) is 3.30. The molecule has 0 saturated heterocycles. The smallest absolute Gasteiger partial charge is 0.282 e. The first-order valence-corrected chi connectivity index (χ1v) is 8.24. The van der Waals surface area contributed by atoms with Crippen LogP contribution in [-0.4, -0.2) is 32.7 Å². The lowest BCUT2D eigenvalue weighted by molar-refractivity contribution is -0.144. The zero-order valence-electron chi connectivity index (χ0n) is 12.5. The Morgan fingerprint density at radius 2 is 1.77 bits per heavy atom. The van der Waals surface area contributed by atoms with E-state index in [2.05, 4.69) is 15.1 Å². The Bertz CT molecular complexity index is 1060. The molecule has 0 aliphatic rings. The molecule has 2 aromatic heterocycles. The zero-order chi connectivity index (χ0) is 19.1. The largest absolute Gasteiger partial charge is 0.453 e. The SMILES string of the molecule is O=S(=O)(O)c1ccc(-n2nc(C(F)(F)F)nc2-c2ccccc2F)nc1. The molecule has 0 radical (unpaired) electrons. The van der Waals surface area contributed by atoms with E-state index < -0.39 is 38.7 Å². The molecule has 0 atom stereocenters.